The Kier molecular flexibility index (Phi) is 8.34. The molecule has 9 heteroatoms. The lowest BCUT2D eigenvalue weighted by Gasteiger charge is -2.35. The van der Waals surface area contributed by atoms with E-state index in [9.17, 15) is 10.5 Å². The lowest BCUT2D eigenvalue weighted by Crippen LogP contribution is -2.33. The topological polar surface area (TPSA) is 100 Å². The molecule has 2 heterocycles. The number of H-pyrrole nitrogens is 1. The first-order chi connectivity index (χ1) is 13.7. The summed E-state index contributed by atoms with van der Waals surface area (Å²) in [5.74, 6) is 0.903. The van der Waals surface area contributed by atoms with Gasteiger partial charge in [0.25, 0.3) is 0 Å². The van der Waals surface area contributed by atoms with E-state index in [-0.39, 0.29) is 30.7 Å². The van der Waals surface area contributed by atoms with E-state index < -0.39 is 0 Å². The number of nitrogens with zero attached hydrogens (tertiary/aromatic N) is 3. The molecular formula is C21H23BrCl2N6. The van der Waals surface area contributed by atoms with Gasteiger partial charge in [-0.2, -0.15) is 15.6 Å². The fraction of sp³-hybridized carbons (Fsp3) is 0.381. The molecule has 1 atom stereocenters. The third-order valence-corrected chi connectivity index (χ3v) is 6.83. The van der Waals surface area contributed by atoms with Crippen molar-refractivity contribution in [2.24, 2.45) is 5.92 Å². The molecule has 158 valence electrons. The largest absolute Gasteiger partial charge is 0.343 e. The van der Waals surface area contributed by atoms with E-state index in [4.69, 9.17) is 0 Å². The summed E-state index contributed by atoms with van der Waals surface area (Å²) in [6.07, 6.45) is 6.03. The van der Waals surface area contributed by atoms with Crippen molar-refractivity contribution in [2.75, 3.05) is 12.4 Å². The third kappa shape index (κ3) is 4.22. The highest BCUT2D eigenvalue weighted by Gasteiger charge is 2.36. The molecule has 0 radical (unpaired) electrons. The van der Waals surface area contributed by atoms with Crippen LogP contribution in [0.5, 0.6) is 0 Å². The van der Waals surface area contributed by atoms with E-state index in [1.54, 1.807) is 12.3 Å². The molecule has 2 aromatic rings. The van der Waals surface area contributed by atoms with Crippen LogP contribution in [0.2, 0.25) is 0 Å². The van der Waals surface area contributed by atoms with Crippen molar-refractivity contribution in [1.82, 2.24) is 15.5 Å². The van der Waals surface area contributed by atoms with Crippen molar-refractivity contribution >= 4 is 46.6 Å². The smallest absolute Gasteiger partial charge is 0.129 e. The van der Waals surface area contributed by atoms with E-state index in [0.29, 0.717) is 17.5 Å². The predicted octanol–water partition coefficient (Wildman–Crippen LogP) is 5.00. The van der Waals surface area contributed by atoms with Crippen LogP contribution < -0.4 is 10.6 Å². The van der Waals surface area contributed by atoms with Gasteiger partial charge in [-0.1, -0.05) is 12.1 Å². The van der Waals surface area contributed by atoms with E-state index in [0.717, 1.165) is 58.4 Å². The van der Waals surface area contributed by atoms with Crippen molar-refractivity contribution in [1.29, 1.82) is 10.5 Å². The number of nitriles is 2. The molecule has 0 amide bonds. The van der Waals surface area contributed by atoms with Gasteiger partial charge in [0.2, 0.25) is 0 Å². The molecule has 0 bridgehead atoms. The summed E-state index contributed by atoms with van der Waals surface area (Å²) in [4.78, 5) is 0. The summed E-state index contributed by atoms with van der Waals surface area (Å²) in [5, 5.41) is 33.6. The maximum absolute atomic E-state index is 10.1. The van der Waals surface area contributed by atoms with Gasteiger partial charge in [0.15, 0.2) is 0 Å². The monoisotopic (exact) mass is 508 g/mol. The lowest BCUT2D eigenvalue weighted by atomic mass is 9.76. The zero-order valence-electron chi connectivity index (χ0n) is 16.4. The summed E-state index contributed by atoms with van der Waals surface area (Å²) in [5.41, 5.74) is 4.13. The van der Waals surface area contributed by atoms with Gasteiger partial charge in [0, 0.05) is 27.7 Å². The van der Waals surface area contributed by atoms with E-state index in [1.165, 1.54) is 0 Å². The number of hydrogen-bond donors (Lipinski definition) is 3. The second-order valence-corrected chi connectivity index (χ2v) is 8.15. The van der Waals surface area contributed by atoms with Gasteiger partial charge >= 0.3 is 0 Å². The van der Waals surface area contributed by atoms with Gasteiger partial charge in [-0.05, 0) is 60.3 Å². The Morgan fingerprint density at radius 3 is 2.47 bits per heavy atom. The van der Waals surface area contributed by atoms with Crippen molar-refractivity contribution in [3.8, 4) is 12.1 Å². The number of benzene rings is 1. The predicted molar refractivity (Wildman–Crippen MR) is 125 cm³/mol. The maximum Gasteiger partial charge on any atom is 0.129 e. The molecule has 1 saturated carbocycles. The lowest BCUT2D eigenvalue weighted by molar-refractivity contribution is 0.331. The van der Waals surface area contributed by atoms with Gasteiger partial charge in [-0.3, -0.25) is 5.10 Å². The Hall–Kier alpha value is -2.03. The Labute approximate surface area is 197 Å². The summed E-state index contributed by atoms with van der Waals surface area (Å²) in [6, 6.07) is 10.9. The minimum atomic E-state index is -0.250. The van der Waals surface area contributed by atoms with Crippen LogP contribution in [0.4, 0.5) is 5.82 Å². The molecule has 6 nitrogen and oxygen atoms in total. The quantitative estimate of drug-likeness (QED) is 0.540. The number of hydrogen-bond acceptors (Lipinski definition) is 5. The molecule has 3 N–H and O–H groups in total. The summed E-state index contributed by atoms with van der Waals surface area (Å²) in [6.45, 7) is 0. The molecule has 4 rings (SSSR count). The van der Waals surface area contributed by atoms with Gasteiger partial charge in [-0.25, -0.2) is 0 Å². The highest BCUT2D eigenvalue weighted by atomic mass is 79.9. The number of anilines is 1. The zero-order chi connectivity index (χ0) is 19.7. The van der Waals surface area contributed by atoms with Crippen LogP contribution in [0.3, 0.4) is 0 Å². The van der Waals surface area contributed by atoms with Crippen molar-refractivity contribution in [3.63, 3.8) is 0 Å². The molecule has 1 aromatic heterocycles. The minimum absolute atomic E-state index is 0. The second-order valence-electron chi connectivity index (χ2n) is 7.36. The number of fused-ring (bicyclic) bond motifs is 1. The Morgan fingerprint density at radius 2 is 1.83 bits per heavy atom. The fourth-order valence-corrected chi connectivity index (χ4v) is 5.01. The molecule has 1 unspecified atom stereocenters. The third-order valence-electron chi connectivity index (χ3n) is 5.94. The molecule has 1 fully saturated rings. The van der Waals surface area contributed by atoms with Crippen LogP contribution in [-0.4, -0.2) is 23.3 Å². The van der Waals surface area contributed by atoms with Crippen molar-refractivity contribution in [3.05, 3.63) is 56.8 Å². The van der Waals surface area contributed by atoms with Crippen LogP contribution in [0.1, 0.15) is 48.3 Å². The summed E-state index contributed by atoms with van der Waals surface area (Å²) in [7, 11) is 2.01. The number of aromatic amines is 1. The normalized spacial score (nSPS) is 22.5. The van der Waals surface area contributed by atoms with Crippen molar-refractivity contribution < 1.29 is 0 Å². The number of allylic oxidation sites excluding steroid dienone is 2. The molecule has 30 heavy (non-hydrogen) atoms. The minimum Gasteiger partial charge on any atom is -0.343 e. The van der Waals surface area contributed by atoms with Crippen molar-refractivity contribution in [2.45, 2.75) is 37.6 Å². The Balaban J connectivity index is 0.00000160. The molecule has 1 aliphatic carbocycles. The van der Waals surface area contributed by atoms with Gasteiger partial charge in [-0.15, -0.1) is 24.8 Å². The van der Waals surface area contributed by atoms with E-state index >= 15 is 0 Å². The average Bonchev–Trinajstić information content (AvgIpc) is 3.21. The summed E-state index contributed by atoms with van der Waals surface area (Å²) < 4.78 is 0.738. The van der Waals surface area contributed by atoms with Crippen LogP contribution in [0, 0.1) is 28.6 Å². The average molecular weight is 510 g/mol. The molecule has 1 aromatic carbocycles. The standard InChI is InChI=1S/C21H21BrN6.2ClH/c1-25-14-7-5-12(6-8-14)20-16(10-24)18(17-11-26-28-21(17)27-20)15-4-2-3-13(9-23)19(15)22;;/h2-4,11-12,14,18,25H,5-8H2,1H3,(H2,26,27,28);2*1H. The fourth-order valence-electron chi connectivity index (χ4n) is 4.43. The SMILES string of the molecule is CNC1CCC(C2=C(C#N)C(c3cccc(C#N)c3Br)c3cn[nH]c3N2)CC1.Cl.Cl. The van der Waals surface area contributed by atoms with Crippen LogP contribution >= 0.6 is 40.7 Å². The van der Waals surface area contributed by atoms with Crippen LogP contribution in [-0.2, 0) is 0 Å². The number of halogens is 3. The van der Waals surface area contributed by atoms with E-state index in [1.807, 2.05) is 19.2 Å². The number of nitrogens with one attached hydrogen (secondary N) is 3. The zero-order valence-corrected chi connectivity index (χ0v) is 19.6. The molecule has 0 spiro atoms. The highest BCUT2D eigenvalue weighted by molar-refractivity contribution is 9.10. The second kappa shape index (κ2) is 10.3. The molecule has 0 saturated heterocycles. The van der Waals surface area contributed by atoms with E-state index in [2.05, 4.69) is 48.9 Å². The van der Waals surface area contributed by atoms with Gasteiger partial charge < -0.3 is 10.6 Å². The highest BCUT2D eigenvalue weighted by Crippen LogP contribution is 2.46. The maximum atomic E-state index is 10.1. The molecule has 1 aliphatic heterocycles. The molecule has 2 aliphatic rings. The van der Waals surface area contributed by atoms with Gasteiger partial charge in [0.05, 0.1) is 29.3 Å². The number of rotatable bonds is 3. The molecular weight excluding hydrogens is 487 g/mol. The number of aromatic nitrogens is 2. The Bertz CT molecular complexity index is 1010. The van der Waals surface area contributed by atoms with Crippen LogP contribution in [0.25, 0.3) is 0 Å². The van der Waals surface area contributed by atoms with Gasteiger partial charge in [0.1, 0.15) is 11.9 Å². The Morgan fingerprint density at radius 1 is 1.10 bits per heavy atom. The first-order valence-electron chi connectivity index (χ1n) is 9.48. The first kappa shape index (κ1) is 24.2. The van der Waals surface area contributed by atoms with Crippen LogP contribution in [0.15, 0.2) is 40.1 Å². The summed E-state index contributed by atoms with van der Waals surface area (Å²) >= 11 is 3.59. The first-order valence-corrected chi connectivity index (χ1v) is 10.3.